The molecule has 9 aromatic rings. The molecule has 1 aromatic heterocycles. The first-order chi connectivity index (χ1) is 24.8. The fourth-order valence-corrected chi connectivity index (χ4v) is 7.60. The highest BCUT2D eigenvalue weighted by Crippen LogP contribution is 2.46. The van der Waals surface area contributed by atoms with Crippen molar-refractivity contribution in [2.24, 2.45) is 0 Å². The van der Waals surface area contributed by atoms with Gasteiger partial charge in [-0.2, -0.15) is 0 Å². The van der Waals surface area contributed by atoms with Crippen molar-refractivity contribution in [3.8, 4) is 50.5 Å². The second-order valence-electron chi connectivity index (χ2n) is 12.8. The fraction of sp³-hybridized carbons (Fsp3) is 0. The second kappa shape index (κ2) is 11.5. The third-order valence-corrected chi connectivity index (χ3v) is 9.91. The minimum absolute atomic E-state index is 0.925. The number of fused-ring (bicyclic) bond motifs is 6. The maximum absolute atomic E-state index is 5.33. The van der Waals surface area contributed by atoms with Crippen molar-refractivity contribution in [2.45, 2.75) is 0 Å². The van der Waals surface area contributed by atoms with Crippen LogP contribution in [0.1, 0.15) is 0 Å². The van der Waals surface area contributed by atoms with Crippen LogP contribution < -0.4 is 4.90 Å². The molecule has 0 saturated heterocycles. The van der Waals surface area contributed by atoms with E-state index in [9.17, 15) is 0 Å². The lowest BCUT2D eigenvalue weighted by molar-refractivity contribution is 1.11. The monoisotopic (exact) mass is 637 g/mol. The molecule has 3 nitrogen and oxygen atoms in total. The molecule has 3 heteroatoms. The Morgan fingerprint density at radius 1 is 0.380 bits per heavy atom. The number of anilines is 3. The number of rotatable bonds is 5. The molecule has 0 atom stereocenters. The Kier molecular flexibility index (Phi) is 6.49. The minimum atomic E-state index is 0.925. The number of imidazole rings is 1. The third kappa shape index (κ3) is 4.56. The molecule has 10 rings (SSSR count). The van der Waals surface area contributed by atoms with E-state index in [0.29, 0.717) is 0 Å². The molecule has 0 fully saturated rings. The Hall–Kier alpha value is -6.71. The van der Waals surface area contributed by atoms with Crippen LogP contribution in [0.2, 0.25) is 0 Å². The summed E-state index contributed by atoms with van der Waals surface area (Å²) in [5.41, 5.74) is 14.8. The van der Waals surface area contributed by atoms with Gasteiger partial charge in [-0.1, -0.05) is 133 Å². The predicted octanol–water partition coefficient (Wildman–Crippen LogP) is 12.6. The number of hydrogen-bond donors (Lipinski definition) is 0. The van der Waals surface area contributed by atoms with Crippen molar-refractivity contribution in [3.05, 3.63) is 188 Å². The van der Waals surface area contributed by atoms with Crippen LogP contribution >= 0.6 is 0 Å². The Balaban J connectivity index is 1.12. The highest BCUT2D eigenvalue weighted by molar-refractivity contribution is 6.03. The van der Waals surface area contributed by atoms with Gasteiger partial charge < -0.3 is 4.90 Å². The molecule has 1 aliphatic heterocycles. The van der Waals surface area contributed by atoms with E-state index < -0.39 is 0 Å². The molecule has 8 aromatic carbocycles. The van der Waals surface area contributed by atoms with Gasteiger partial charge in [0, 0.05) is 33.8 Å². The Bertz CT molecular complexity index is 2700. The van der Waals surface area contributed by atoms with E-state index in [1.165, 1.54) is 44.2 Å². The summed E-state index contributed by atoms with van der Waals surface area (Å²) in [6, 6.07) is 67.4. The molecule has 50 heavy (non-hydrogen) atoms. The summed E-state index contributed by atoms with van der Waals surface area (Å²) in [6.07, 6.45) is 0. The zero-order valence-corrected chi connectivity index (χ0v) is 27.2. The van der Waals surface area contributed by atoms with E-state index in [4.69, 9.17) is 4.98 Å². The van der Waals surface area contributed by atoms with E-state index in [1.807, 2.05) is 0 Å². The number of para-hydroxylation sites is 3. The van der Waals surface area contributed by atoms with Gasteiger partial charge in [0.1, 0.15) is 5.82 Å². The summed E-state index contributed by atoms with van der Waals surface area (Å²) < 4.78 is 2.37. The Labute approximate surface area is 291 Å². The summed E-state index contributed by atoms with van der Waals surface area (Å²) in [4.78, 5) is 7.65. The number of aromatic nitrogens is 2. The van der Waals surface area contributed by atoms with Gasteiger partial charge >= 0.3 is 0 Å². The zero-order chi connectivity index (χ0) is 33.0. The van der Waals surface area contributed by atoms with Gasteiger partial charge in [0.15, 0.2) is 0 Å². The topological polar surface area (TPSA) is 21.1 Å². The summed E-state index contributed by atoms with van der Waals surface area (Å²) in [5, 5.41) is 2.50. The largest absolute Gasteiger partial charge is 0.310 e. The van der Waals surface area contributed by atoms with Crippen LogP contribution in [-0.4, -0.2) is 9.55 Å². The van der Waals surface area contributed by atoms with Gasteiger partial charge in [0.05, 0.1) is 16.7 Å². The molecule has 0 bridgehead atoms. The lowest BCUT2D eigenvalue weighted by Crippen LogP contribution is -2.10. The first-order valence-corrected chi connectivity index (χ1v) is 17.1. The fourth-order valence-electron chi connectivity index (χ4n) is 7.60. The van der Waals surface area contributed by atoms with Crippen molar-refractivity contribution >= 4 is 38.9 Å². The molecule has 1 aliphatic rings. The van der Waals surface area contributed by atoms with Gasteiger partial charge in [0.25, 0.3) is 0 Å². The van der Waals surface area contributed by atoms with Crippen molar-refractivity contribution in [1.29, 1.82) is 0 Å². The molecule has 2 heterocycles. The highest BCUT2D eigenvalue weighted by atomic mass is 15.1. The third-order valence-electron chi connectivity index (χ3n) is 9.91. The minimum Gasteiger partial charge on any atom is -0.310 e. The first-order valence-electron chi connectivity index (χ1n) is 17.1. The van der Waals surface area contributed by atoms with Crippen LogP contribution in [0.15, 0.2) is 188 Å². The quantitative estimate of drug-likeness (QED) is 0.187. The SMILES string of the molecule is c1ccc(N(c2ccc(-c3ccc4ccccc4c3)cc2)c2cccc(-c3nc4cccc5c4n3-c3ccccc3-c3ccccc3-5)c2)cc1. The van der Waals surface area contributed by atoms with Crippen molar-refractivity contribution < 1.29 is 0 Å². The standard InChI is InChI=1S/C47H31N3/c1-2-15-37(16-3-1)49(38-28-26-33(27-29-38)35-25-24-32-12-4-5-13-34(32)30-35)39-17-10-14-36(31-39)47-48-44-22-11-21-43-41-19-7-6-18-40(41)42-20-8-9-23-45(42)50(47)46(43)44/h1-31H. The molecule has 234 valence electrons. The molecule has 0 spiro atoms. The van der Waals surface area contributed by atoms with Gasteiger partial charge in [0.2, 0.25) is 0 Å². The van der Waals surface area contributed by atoms with Crippen LogP contribution in [-0.2, 0) is 0 Å². The maximum atomic E-state index is 5.33. The summed E-state index contributed by atoms with van der Waals surface area (Å²) in [5.74, 6) is 0.925. The van der Waals surface area contributed by atoms with Gasteiger partial charge in [-0.3, -0.25) is 4.57 Å². The summed E-state index contributed by atoms with van der Waals surface area (Å²) in [6.45, 7) is 0. The molecule has 0 saturated carbocycles. The number of benzene rings is 8. The Morgan fingerprint density at radius 2 is 1.00 bits per heavy atom. The molecule has 0 aliphatic carbocycles. The lowest BCUT2D eigenvalue weighted by atomic mass is 9.94. The van der Waals surface area contributed by atoms with E-state index >= 15 is 0 Å². The van der Waals surface area contributed by atoms with Gasteiger partial charge in [-0.15, -0.1) is 0 Å². The van der Waals surface area contributed by atoms with Crippen LogP contribution in [0.25, 0.3) is 72.3 Å². The zero-order valence-electron chi connectivity index (χ0n) is 27.2. The Morgan fingerprint density at radius 3 is 1.84 bits per heavy atom. The molecule has 0 radical (unpaired) electrons. The van der Waals surface area contributed by atoms with Crippen LogP contribution in [0.4, 0.5) is 17.1 Å². The first kappa shape index (κ1) is 28.3. The normalized spacial score (nSPS) is 11.6. The maximum Gasteiger partial charge on any atom is 0.145 e. The van der Waals surface area contributed by atoms with Crippen LogP contribution in [0.5, 0.6) is 0 Å². The van der Waals surface area contributed by atoms with Crippen LogP contribution in [0, 0.1) is 0 Å². The molecular weight excluding hydrogens is 607 g/mol. The summed E-state index contributed by atoms with van der Waals surface area (Å²) in [7, 11) is 0. The second-order valence-corrected chi connectivity index (χ2v) is 12.8. The summed E-state index contributed by atoms with van der Waals surface area (Å²) >= 11 is 0. The van der Waals surface area contributed by atoms with E-state index in [1.54, 1.807) is 0 Å². The van der Waals surface area contributed by atoms with Crippen molar-refractivity contribution in [2.75, 3.05) is 4.90 Å². The molecule has 0 N–H and O–H groups in total. The molecule has 0 amide bonds. The average molecular weight is 638 g/mol. The number of hydrogen-bond acceptors (Lipinski definition) is 2. The molecular formula is C47H31N3. The predicted molar refractivity (Wildman–Crippen MR) is 209 cm³/mol. The van der Waals surface area contributed by atoms with Crippen molar-refractivity contribution in [3.63, 3.8) is 0 Å². The lowest BCUT2D eigenvalue weighted by Gasteiger charge is -2.26. The molecule has 0 unspecified atom stereocenters. The van der Waals surface area contributed by atoms with E-state index in [-0.39, 0.29) is 0 Å². The smallest absolute Gasteiger partial charge is 0.145 e. The van der Waals surface area contributed by atoms with Crippen LogP contribution in [0.3, 0.4) is 0 Å². The van der Waals surface area contributed by atoms with Crippen molar-refractivity contribution in [1.82, 2.24) is 9.55 Å². The van der Waals surface area contributed by atoms with Gasteiger partial charge in [-0.25, -0.2) is 4.98 Å². The highest BCUT2D eigenvalue weighted by Gasteiger charge is 2.25. The van der Waals surface area contributed by atoms with E-state index in [0.717, 1.165) is 45.2 Å². The van der Waals surface area contributed by atoms with E-state index in [2.05, 4.69) is 198 Å². The average Bonchev–Trinajstić information content (AvgIpc) is 3.53. The number of nitrogens with zero attached hydrogens (tertiary/aromatic N) is 3. The van der Waals surface area contributed by atoms with Gasteiger partial charge in [-0.05, 0) is 87.6 Å².